The Morgan fingerprint density at radius 2 is 2.67 bits per heavy atom. The van der Waals surface area contributed by atoms with Crippen molar-refractivity contribution in [2.75, 3.05) is 6.61 Å². The molecule has 0 bridgehead atoms. The van der Waals surface area contributed by atoms with Gasteiger partial charge in [0.15, 0.2) is 0 Å². The number of hydrogen-bond acceptors (Lipinski definition) is 5. The first-order valence-corrected chi connectivity index (χ1v) is 5.23. The molecule has 1 aliphatic heterocycles. The fourth-order valence-corrected chi connectivity index (χ4v) is 1.98. The molecule has 3 N–H and O–H groups in total. The zero-order valence-electron chi connectivity index (χ0n) is 8.89. The molecule has 2 atom stereocenters. The van der Waals surface area contributed by atoms with E-state index < -0.39 is 0 Å². The van der Waals surface area contributed by atoms with Crippen LogP contribution in [0.25, 0.3) is 0 Å². The molecule has 1 aliphatic rings. The predicted octanol–water partition coefficient (Wildman–Crippen LogP) is -0.111. The van der Waals surface area contributed by atoms with Crippen LogP contribution in [0.3, 0.4) is 0 Å². The summed E-state index contributed by atoms with van der Waals surface area (Å²) in [5, 5.41) is 7.73. The standard InChI is InChI=1S/C9H17N5O/c1-14-9(6-11-13-14)8(12-10)5-7-3-2-4-15-7/h6-8,12H,2-5,10H2,1H3. The van der Waals surface area contributed by atoms with Crippen LogP contribution in [0.15, 0.2) is 6.20 Å². The van der Waals surface area contributed by atoms with Gasteiger partial charge in [0, 0.05) is 13.7 Å². The van der Waals surface area contributed by atoms with Crippen LogP contribution < -0.4 is 11.3 Å². The predicted molar refractivity (Wildman–Crippen MR) is 54.7 cm³/mol. The number of hydrazine groups is 1. The topological polar surface area (TPSA) is 78.0 Å². The lowest BCUT2D eigenvalue weighted by Crippen LogP contribution is -2.32. The van der Waals surface area contributed by atoms with Crippen molar-refractivity contribution >= 4 is 0 Å². The van der Waals surface area contributed by atoms with Gasteiger partial charge in [-0.15, -0.1) is 5.10 Å². The largest absolute Gasteiger partial charge is 0.378 e. The van der Waals surface area contributed by atoms with Crippen molar-refractivity contribution in [1.82, 2.24) is 20.4 Å². The Bertz CT molecular complexity index is 307. The minimum Gasteiger partial charge on any atom is -0.378 e. The Kier molecular flexibility index (Phi) is 3.30. The molecule has 0 aromatic carbocycles. The lowest BCUT2D eigenvalue weighted by molar-refractivity contribution is 0.0937. The minimum absolute atomic E-state index is 0.0631. The second-order valence-corrected chi connectivity index (χ2v) is 3.87. The Labute approximate surface area is 88.7 Å². The minimum atomic E-state index is 0.0631. The number of nitrogens with two attached hydrogens (primary N) is 1. The Hall–Kier alpha value is -0.980. The second-order valence-electron chi connectivity index (χ2n) is 3.87. The smallest absolute Gasteiger partial charge is 0.0767 e. The van der Waals surface area contributed by atoms with E-state index in [1.165, 1.54) is 0 Å². The quantitative estimate of drug-likeness (QED) is 0.536. The summed E-state index contributed by atoms with van der Waals surface area (Å²) in [5.41, 5.74) is 3.78. The molecule has 1 saturated heterocycles. The Balaban J connectivity index is 2.00. The van der Waals surface area contributed by atoms with Crippen molar-refractivity contribution < 1.29 is 4.74 Å². The SMILES string of the molecule is Cn1nncc1C(CC1CCCO1)NN. The number of ether oxygens (including phenoxy) is 1. The molecule has 84 valence electrons. The van der Waals surface area contributed by atoms with E-state index in [2.05, 4.69) is 15.7 Å². The summed E-state index contributed by atoms with van der Waals surface area (Å²) >= 11 is 0. The van der Waals surface area contributed by atoms with Crippen LogP contribution in [-0.2, 0) is 11.8 Å². The van der Waals surface area contributed by atoms with E-state index in [0.29, 0.717) is 6.10 Å². The van der Waals surface area contributed by atoms with Crippen LogP contribution in [0.5, 0.6) is 0 Å². The van der Waals surface area contributed by atoms with Gasteiger partial charge in [-0.3, -0.25) is 16.0 Å². The van der Waals surface area contributed by atoms with E-state index in [-0.39, 0.29) is 6.04 Å². The van der Waals surface area contributed by atoms with Gasteiger partial charge in [0.1, 0.15) is 0 Å². The third-order valence-corrected chi connectivity index (χ3v) is 2.83. The normalized spacial score (nSPS) is 23.2. The van der Waals surface area contributed by atoms with E-state index in [1.54, 1.807) is 10.9 Å². The highest BCUT2D eigenvalue weighted by atomic mass is 16.5. The van der Waals surface area contributed by atoms with Gasteiger partial charge in [0.05, 0.1) is 24.0 Å². The molecule has 1 aromatic heterocycles. The molecule has 0 amide bonds. The number of nitrogens with one attached hydrogen (secondary N) is 1. The fourth-order valence-electron chi connectivity index (χ4n) is 1.98. The highest BCUT2D eigenvalue weighted by Crippen LogP contribution is 2.23. The van der Waals surface area contributed by atoms with Gasteiger partial charge < -0.3 is 4.74 Å². The molecule has 1 aromatic rings. The average Bonchev–Trinajstić information content (AvgIpc) is 2.85. The maximum Gasteiger partial charge on any atom is 0.0767 e. The van der Waals surface area contributed by atoms with Crippen molar-refractivity contribution in [1.29, 1.82) is 0 Å². The van der Waals surface area contributed by atoms with Crippen LogP contribution in [0, 0.1) is 0 Å². The first-order valence-electron chi connectivity index (χ1n) is 5.23. The van der Waals surface area contributed by atoms with Crippen molar-refractivity contribution in [2.24, 2.45) is 12.9 Å². The molecule has 0 aliphatic carbocycles. The Morgan fingerprint density at radius 1 is 1.80 bits per heavy atom. The number of rotatable bonds is 4. The molecule has 6 nitrogen and oxygen atoms in total. The van der Waals surface area contributed by atoms with Crippen LogP contribution in [0.1, 0.15) is 31.0 Å². The molecule has 0 spiro atoms. The highest BCUT2D eigenvalue weighted by molar-refractivity contribution is 5.02. The van der Waals surface area contributed by atoms with Crippen molar-refractivity contribution in [3.05, 3.63) is 11.9 Å². The monoisotopic (exact) mass is 211 g/mol. The highest BCUT2D eigenvalue weighted by Gasteiger charge is 2.23. The molecule has 6 heteroatoms. The number of aryl methyl sites for hydroxylation is 1. The van der Waals surface area contributed by atoms with Crippen LogP contribution in [0.4, 0.5) is 0 Å². The molecule has 2 rings (SSSR count). The van der Waals surface area contributed by atoms with E-state index >= 15 is 0 Å². The second kappa shape index (κ2) is 4.69. The molecular weight excluding hydrogens is 194 g/mol. The van der Waals surface area contributed by atoms with E-state index in [9.17, 15) is 0 Å². The molecule has 0 radical (unpaired) electrons. The maximum atomic E-state index is 5.58. The number of nitrogens with zero attached hydrogens (tertiary/aromatic N) is 3. The van der Waals surface area contributed by atoms with Crippen LogP contribution >= 0.6 is 0 Å². The molecular formula is C9H17N5O. The van der Waals surface area contributed by atoms with Crippen molar-refractivity contribution in [2.45, 2.75) is 31.4 Å². The zero-order chi connectivity index (χ0) is 10.7. The molecule has 2 unspecified atom stereocenters. The van der Waals surface area contributed by atoms with Gasteiger partial charge >= 0.3 is 0 Å². The average molecular weight is 211 g/mol. The summed E-state index contributed by atoms with van der Waals surface area (Å²) in [6.07, 6.45) is 5.17. The van der Waals surface area contributed by atoms with Crippen molar-refractivity contribution in [3.63, 3.8) is 0 Å². The fraction of sp³-hybridized carbons (Fsp3) is 0.778. The van der Waals surface area contributed by atoms with Gasteiger partial charge in [-0.2, -0.15) is 0 Å². The molecule has 2 heterocycles. The van der Waals surface area contributed by atoms with Gasteiger partial charge in [-0.25, -0.2) is 0 Å². The number of aromatic nitrogens is 3. The third-order valence-electron chi connectivity index (χ3n) is 2.83. The first kappa shape index (κ1) is 10.5. The van der Waals surface area contributed by atoms with Crippen LogP contribution in [0.2, 0.25) is 0 Å². The lowest BCUT2D eigenvalue weighted by Gasteiger charge is -2.18. The Morgan fingerprint density at radius 3 is 3.20 bits per heavy atom. The van der Waals surface area contributed by atoms with Gasteiger partial charge in [-0.1, -0.05) is 5.21 Å². The van der Waals surface area contributed by atoms with E-state index in [4.69, 9.17) is 10.6 Å². The van der Waals surface area contributed by atoms with Crippen LogP contribution in [-0.4, -0.2) is 27.7 Å². The number of hydrogen-bond donors (Lipinski definition) is 2. The van der Waals surface area contributed by atoms with E-state index in [0.717, 1.165) is 31.6 Å². The summed E-state index contributed by atoms with van der Waals surface area (Å²) < 4.78 is 7.31. The summed E-state index contributed by atoms with van der Waals surface area (Å²) in [7, 11) is 1.86. The van der Waals surface area contributed by atoms with Gasteiger partial charge in [0.25, 0.3) is 0 Å². The van der Waals surface area contributed by atoms with Crippen molar-refractivity contribution in [3.8, 4) is 0 Å². The van der Waals surface area contributed by atoms with E-state index in [1.807, 2.05) is 7.05 Å². The zero-order valence-corrected chi connectivity index (χ0v) is 8.89. The summed E-state index contributed by atoms with van der Waals surface area (Å²) in [5.74, 6) is 5.54. The molecule has 0 saturated carbocycles. The maximum absolute atomic E-state index is 5.58. The summed E-state index contributed by atoms with van der Waals surface area (Å²) in [6, 6.07) is 0.0631. The summed E-state index contributed by atoms with van der Waals surface area (Å²) in [6.45, 7) is 0.867. The lowest BCUT2D eigenvalue weighted by atomic mass is 10.1. The first-order chi connectivity index (χ1) is 7.31. The third kappa shape index (κ3) is 2.34. The van der Waals surface area contributed by atoms with Gasteiger partial charge in [0.2, 0.25) is 0 Å². The molecule has 15 heavy (non-hydrogen) atoms. The molecule has 1 fully saturated rings. The van der Waals surface area contributed by atoms with Gasteiger partial charge in [-0.05, 0) is 19.3 Å². The summed E-state index contributed by atoms with van der Waals surface area (Å²) in [4.78, 5) is 0.